The number of para-hydroxylation sites is 1. The zero-order valence-corrected chi connectivity index (χ0v) is 21.4. The van der Waals surface area contributed by atoms with Crippen molar-refractivity contribution >= 4 is 28.3 Å². The lowest BCUT2D eigenvalue weighted by molar-refractivity contribution is -0.144. The van der Waals surface area contributed by atoms with Gasteiger partial charge in [0, 0.05) is 36.4 Å². The number of hydrogen-bond donors (Lipinski definition) is 0. The lowest BCUT2D eigenvalue weighted by Gasteiger charge is -2.39. The van der Waals surface area contributed by atoms with Crippen LogP contribution < -0.4 is 4.90 Å². The van der Waals surface area contributed by atoms with Gasteiger partial charge in [-0.2, -0.15) is 0 Å². The minimum atomic E-state index is -0.445. The molecule has 188 valence electrons. The first-order chi connectivity index (χ1) is 17.7. The highest BCUT2D eigenvalue weighted by molar-refractivity contribution is 6.07. The van der Waals surface area contributed by atoms with Crippen LogP contribution in [0.5, 0.6) is 0 Å². The average Bonchev–Trinajstić information content (AvgIpc) is 3.42. The summed E-state index contributed by atoms with van der Waals surface area (Å²) in [7, 11) is 0. The summed E-state index contributed by atoms with van der Waals surface area (Å²) in [5.74, 6) is -0.721. The van der Waals surface area contributed by atoms with Crippen LogP contribution in [0.2, 0.25) is 0 Å². The second kappa shape index (κ2) is 10.4. The lowest BCUT2D eigenvalue weighted by Crippen LogP contribution is -2.47. The Bertz CT molecular complexity index is 1260. The van der Waals surface area contributed by atoms with Gasteiger partial charge >= 0.3 is 5.97 Å². The summed E-state index contributed by atoms with van der Waals surface area (Å²) in [6, 6.07) is 17.0. The van der Waals surface area contributed by atoms with Crippen molar-refractivity contribution in [3.63, 3.8) is 0 Å². The van der Waals surface area contributed by atoms with Crippen molar-refractivity contribution in [2.75, 3.05) is 24.6 Å². The van der Waals surface area contributed by atoms with Gasteiger partial charge in [0.05, 0.1) is 30.7 Å². The Kier molecular flexibility index (Phi) is 7.06. The Balaban J connectivity index is 0.00000130. The molecule has 6 nitrogen and oxygen atoms in total. The van der Waals surface area contributed by atoms with Crippen LogP contribution in [0.4, 0.5) is 5.69 Å². The van der Waals surface area contributed by atoms with Gasteiger partial charge in [-0.25, -0.2) is 0 Å². The van der Waals surface area contributed by atoms with Crippen LogP contribution in [0.25, 0.3) is 10.8 Å². The Morgan fingerprint density at radius 1 is 1.06 bits per heavy atom. The van der Waals surface area contributed by atoms with E-state index in [1.807, 2.05) is 49.2 Å². The quantitative estimate of drug-likeness (QED) is 0.453. The molecule has 2 unspecified atom stereocenters. The third-order valence-corrected chi connectivity index (χ3v) is 7.72. The summed E-state index contributed by atoms with van der Waals surface area (Å²) in [4.78, 5) is 35.0. The van der Waals surface area contributed by atoms with E-state index in [9.17, 15) is 9.59 Å². The summed E-state index contributed by atoms with van der Waals surface area (Å²) in [5.41, 5.74) is 4.49. The van der Waals surface area contributed by atoms with Crippen LogP contribution in [0.1, 0.15) is 68.8 Å². The largest absolute Gasteiger partial charge is 0.466 e. The fraction of sp³-hybridized carbons (Fsp3) is 0.433. The minimum absolute atomic E-state index is 0.0346. The van der Waals surface area contributed by atoms with Crippen molar-refractivity contribution in [1.29, 1.82) is 0 Å². The van der Waals surface area contributed by atoms with Gasteiger partial charge < -0.3 is 9.64 Å². The Morgan fingerprint density at radius 3 is 2.61 bits per heavy atom. The molecule has 1 saturated heterocycles. The topological polar surface area (TPSA) is 62.7 Å². The van der Waals surface area contributed by atoms with Crippen molar-refractivity contribution in [2.45, 2.75) is 64.5 Å². The van der Waals surface area contributed by atoms with E-state index in [2.05, 4.69) is 29.2 Å². The molecule has 1 aliphatic carbocycles. The molecule has 0 radical (unpaired) electrons. The highest BCUT2D eigenvalue weighted by atomic mass is 16.5. The Hall–Kier alpha value is -3.25. The van der Waals surface area contributed by atoms with Crippen molar-refractivity contribution in [2.24, 2.45) is 0 Å². The first-order valence-electron chi connectivity index (χ1n) is 13.3. The maximum atomic E-state index is 13.5. The number of esters is 1. The number of aromatic nitrogens is 1. The highest BCUT2D eigenvalue weighted by Crippen LogP contribution is 2.44. The van der Waals surface area contributed by atoms with Gasteiger partial charge in [0.1, 0.15) is 0 Å². The number of carbonyl (C=O) groups excluding carboxylic acids is 2. The first kappa shape index (κ1) is 24.4. The summed E-state index contributed by atoms with van der Waals surface area (Å²) < 4.78 is 5.15. The second-order valence-corrected chi connectivity index (χ2v) is 9.53. The molecule has 1 amide bonds. The molecule has 3 aliphatic rings. The van der Waals surface area contributed by atoms with E-state index in [1.165, 1.54) is 22.0 Å². The minimum Gasteiger partial charge on any atom is -0.466 e. The van der Waals surface area contributed by atoms with Gasteiger partial charge in [-0.3, -0.25) is 19.5 Å². The average molecular weight is 486 g/mol. The van der Waals surface area contributed by atoms with Crippen molar-refractivity contribution in [1.82, 2.24) is 9.88 Å². The van der Waals surface area contributed by atoms with Crippen molar-refractivity contribution in [3.8, 4) is 0 Å². The number of anilines is 1. The molecule has 6 heteroatoms. The molecule has 3 heterocycles. The molecule has 0 saturated carbocycles. The number of piperidine rings is 1. The Labute approximate surface area is 213 Å². The van der Waals surface area contributed by atoms with Crippen molar-refractivity contribution in [3.05, 3.63) is 71.5 Å². The predicted octanol–water partition coefficient (Wildman–Crippen LogP) is 5.41. The molecule has 0 bridgehead atoms. The highest BCUT2D eigenvalue weighted by Gasteiger charge is 2.43. The zero-order valence-electron chi connectivity index (χ0n) is 21.4. The molecule has 2 aromatic carbocycles. The molecule has 2 aliphatic heterocycles. The molecular formula is C30H35N3O3. The molecule has 2 atom stereocenters. The normalized spacial score (nSPS) is 21.3. The molecule has 0 N–H and O–H groups in total. The lowest BCUT2D eigenvalue weighted by atomic mass is 9.97. The van der Waals surface area contributed by atoms with Crippen LogP contribution in [-0.2, 0) is 20.7 Å². The number of ether oxygens (including phenoxy) is 1. The summed E-state index contributed by atoms with van der Waals surface area (Å²) >= 11 is 0. The fourth-order valence-electron chi connectivity index (χ4n) is 6.20. The van der Waals surface area contributed by atoms with Crippen LogP contribution in [-0.4, -0.2) is 47.5 Å². The number of benzene rings is 2. The number of nitrogens with zero attached hydrogens (tertiary/aromatic N) is 3. The molecule has 0 spiro atoms. The molecule has 1 fully saturated rings. The van der Waals surface area contributed by atoms with Crippen LogP contribution in [0.3, 0.4) is 0 Å². The van der Waals surface area contributed by atoms with E-state index in [0.717, 1.165) is 43.6 Å². The van der Waals surface area contributed by atoms with Gasteiger partial charge in [-0.05, 0) is 54.8 Å². The maximum Gasteiger partial charge on any atom is 0.306 e. The van der Waals surface area contributed by atoms with Crippen LogP contribution >= 0.6 is 0 Å². The standard InChI is InChI=1S/C28H29N3O3.C2H6/c1-2-34-25(32)17-22-21-8-3-4-9-23(21)31(28(22)33)20-11-14-30(15-12-20)24-16-19-7-5-6-18-10-13-29-27(24)26(18)19;1-2/h3-10,13,20,22,24H,2,11-12,14-17H2,1H3;1-2H3. The predicted molar refractivity (Wildman–Crippen MR) is 142 cm³/mol. The number of likely N-dealkylation sites (tertiary alicyclic amines) is 1. The maximum absolute atomic E-state index is 13.5. The first-order valence-corrected chi connectivity index (χ1v) is 13.3. The van der Waals surface area contributed by atoms with E-state index in [0.29, 0.717) is 12.6 Å². The zero-order chi connectivity index (χ0) is 25.2. The molecule has 6 rings (SSSR count). The third kappa shape index (κ3) is 4.17. The van der Waals surface area contributed by atoms with E-state index in [-0.39, 0.29) is 24.3 Å². The number of amides is 1. The molecular weight excluding hydrogens is 450 g/mol. The number of carbonyl (C=O) groups is 2. The fourth-order valence-corrected chi connectivity index (χ4v) is 6.20. The summed E-state index contributed by atoms with van der Waals surface area (Å²) in [6.45, 7) is 7.98. The van der Waals surface area contributed by atoms with Gasteiger partial charge in [-0.15, -0.1) is 0 Å². The van der Waals surface area contributed by atoms with Crippen molar-refractivity contribution < 1.29 is 14.3 Å². The van der Waals surface area contributed by atoms with Gasteiger partial charge in [-0.1, -0.05) is 50.2 Å². The van der Waals surface area contributed by atoms with E-state index in [4.69, 9.17) is 9.72 Å². The van der Waals surface area contributed by atoms with E-state index in [1.54, 1.807) is 6.92 Å². The van der Waals surface area contributed by atoms with Gasteiger partial charge in [0.25, 0.3) is 0 Å². The number of fused-ring (bicyclic) bond motifs is 1. The Morgan fingerprint density at radius 2 is 1.83 bits per heavy atom. The van der Waals surface area contributed by atoms with Gasteiger partial charge in [0.15, 0.2) is 0 Å². The van der Waals surface area contributed by atoms with Crippen LogP contribution in [0.15, 0.2) is 54.7 Å². The van der Waals surface area contributed by atoms with E-state index < -0.39 is 5.92 Å². The summed E-state index contributed by atoms with van der Waals surface area (Å²) in [5, 5.41) is 2.59. The third-order valence-electron chi connectivity index (χ3n) is 7.72. The number of rotatable bonds is 5. The molecule has 36 heavy (non-hydrogen) atoms. The smallest absolute Gasteiger partial charge is 0.306 e. The SMILES string of the molecule is CC.CCOC(=O)CC1C(=O)N(C2CCN(C3Cc4cccc5ccnc3c45)CC2)c2ccccc21. The monoisotopic (exact) mass is 485 g/mol. The van der Waals surface area contributed by atoms with E-state index >= 15 is 0 Å². The van der Waals surface area contributed by atoms with Crippen LogP contribution in [0, 0.1) is 0 Å². The molecule has 1 aromatic heterocycles. The molecule has 3 aromatic rings. The second-order valence-electron chi connectivity index (χ2n) is 9.53. The number of pyridine rings is 1. The van der Waals surface area contributed by atoms with Gasteiger partial charge in [0.2, 0.25) is 5.91 Å². The summed E-state index contributed by atoms with van der Waals surface area (Å²) in [6.07, 6.45) is 4.86. The number of hydrogen-bond acceptors (Lipinski definition) is 5.